The summed E-state index contributed by atoms with van der Waals surface area (Å²) in [6, 6.07) is 3.87. The smallest absolute Gasteiger partial charge is 0.311 e. The van der Waals surface area contributed by atoms with E-state index in [9.17, 15) is 8.42 Å². The Morgan fingerprint density at radius 1 is 1.18 bits per heavy atom. The standard InChI is InChI=1S/C23H32N6O3S2/c1-4-29-14-18(13-28-5-7-33-8-6-28)21-19(29)10-16(9-17-12-26-23(25)27-22(17)24)11-20(21)32-34(30,31)15(2)3/h10-12,14-15H,4-9,13H2,1-3H3,(H4,24,25,26,27). The third-order valence-electron chi connectivity index (χ3n) is 6.02. The summed E-state index contributed by atoms with van der Waals surface area (Å²) in [6.45, 7) is 8.83. The van der Waals surface area contributed by atoms with E-state index in [1.165, 1.54) is 0 Å². The number of nitrogens with zero attached hydrogens (tertiary/aromatic N) is 4. The zero-order valence-corrected chi connectivity index (χ0v) is 21.5. The molecule has 0 spiro atoms. The van der Waals surface area contributed by atoms with E-state index in [0.717, 1.165) is 59.7 Å². The molecule has 9 nitrogen and oxygen atoms in total. The molecule has 0 unspecified atom stereocenters. The molecule has 1 saturated heterocycles. The van der Waals surface area contributed by atoms with Gasteiger partial charge in [-0.1, -0.05) is 0 Å². The number of nitrogens with two attached hydrogens (primary N) is 2. The molecule has 0 bridgehead atoms. The zero-order chi connectivity index (χ0) is 24.5. The lowest BCUT2D eigenvalue weighted by molar-refractivity contribution is 0.295. The van der Waals surface area contributed by atoms with Crippen molar-refractivity contribution in [1.82, 2.24) is 19.4 Å². The summed E-state index contributed by atoms with van der Waals surface area (Å²) >= 11 is 1.96. The van der Waals surface area contributed by atoms with Crippen LogP contribution in [-0.2, 0) is 29.6 Å². The highest BCUT2D eigenvalue weighted by molar-refractivity contribution is 7.99. The summed E-state index contributed by atoms with van der Waals surface area (Å²) in [5.74, 6) is 2.98. The molecule has 4 rings (SSSR count). The first-order chi connectivity index (χ1) is 16.2. The van der Waals surface area contributed by atoms with Crippen molar-refractivity contribution < 1.29 is 12.6 Å². The fourth-order valence-corrected chi connectivity index (χ4v) is 5.64. The Hall–Kier alpha value is -2.50. The normalized spacial score (nSPS) is 15.3. The van der Waals surface area contributed by atoms with E-state index in [-0.39, 0.29) is 5.95 Å². The highest BCUT2D eigenvalue weighted by Crippen LogP contribution is 2.36. The monoisotopic (exact) mass is 504 g/mol. The number of thioether (sulfide) groups is 1. The van der Waals surface area contributed by atoms with Gasteiger partial charge in [0.2, 0.25) is 5.95 Å². The van der Waals surface area contributed by atoms with Gasteiger partial charge >= 0.3 is 10.1 Å². The van der Waals surface area contributed by atoms with Crippen molar-refractivity contribution in [3.63, 3.8) is 0 Å². The first-order valence-electron chi connectivity index (χ1n) is 11.4. The molecular weight excluding hydrogens is 472 g/mol. The highest BCUT2D eigenvalue weighted by Gasteiger charge is 2.24. The van der Waals surface area contributed by atoms with Crippen molar-refractivity contribution in [1.29, 1.82) is 0 Å². The van der Waals surface area contributed by atoms with Crippen molar-refractivity contribution in [3.05, 3.63) is 41.2 Å². The van der Waals surface area contributed by atoms with E-state index >= 15 is 0 Å². The lowest BCUT2D eigenvalue weighted by Gasteiger charge is -2.26. The van der Waals surface area contributed by atoms with Crippen LogP contribution in [0.1, 0.15) is 37.5 Å². The Kier molecular flexibility index (Phi) is 7.25. The summed E-state index contributed by atoms with van der Waals surface area (Å²) in [4.78, 5) is 10.5. The van der Waals surface area contributed by atoms with Gasteiger partial charge in [0.1, 0.15) is 5.82 Å². The SMILES string of the molecule is CCn1cc(CN2CCSCC2)c2c(OS(=O)(=O)C(C)C)cc(Cc3cnc(N)nc3N)cc21. The second-order valence-electron chi connectivity index (χ2n) is 8.76. The van der Waals surface area contributed by atoms with Crippen molar-refractivity contribution in [3.8, 4) is 5.75 Å². The molecular formula is C23H32N6O3S2. The van der Waals surface area contributed by atoms with Gasteiger partial charge in [0.15, 0.2) is 5.75 Å². The van der Waals surface area contributed by atoms with Gasteiger partial charge in [-0.3, -0.25) is 4.90 Å². The minimum Gasteiger partial charge on any atom is -0.383 e. The van der Waals surface area contributed by atoms with Crippen LogP contribution in [0.3, 0.4) is 0 Å². The van der Waals surface area contributed by atoms with E-state index in [4.69, 9.17) is 15.7 Å². The highest BCUT2D eigenvalue weighted by atomic mass is 32.2. The lowest BCUT2D eigenvalue weighted by atomic mass is 10.0. The molecule has 34 heavy (non-hydrogen) atoms. The van der Waals surface area contributed by atoms with E-state index in [1.807, 2.05) is 11.8 Å². The van der Waals surface area contributed by atoms with Crippen LogP contribution < -0.4 is 15.7 Å². The summed E-state index contributed by atoms with van der Waals surface area (Å²) in [6.07, 6.45) is 4.14. The second-order valence-corrected chi connectivity index (χ2v) is 12.1. The second kappa shape index (κ2) is 10.0. The van der Waals surface area contributed by atoms with Gasteiger partial charge in [-0.05, 0) is 44.0 Å². The van der Waals surface area contributed by atoms with E-state index in [2.05, 4.69) is 38.6 Å². The van der Waals surface area contributed by atoms with Crippen LogP contribution in [0, 0.1) is 0 Å². The van der Waals surface area contributed by atoms with Gasteiger partial charge < -0.3 is 20.2 Å². The summed E-state index contributed by atoms with van der Waals surface area (Å²) in [5.41, 5.74) is 15.3. The predicted octanol–water partition coefficient (Wildman–Crippen LogP) is 2.87. The van der Waals surface area contributed by atoms with Gasteiger partial charge in [-0.2, -0.15) is 25.2 Å². The minimum atomic E-state index is -3.79. The Morgan fingerprint density at radius 3 is 2.56 bits per heavy atom. The van der Waals surface area contributed by atoms with Crippen LogP contribution in [0.15, 0.2) is 24.5 Å². The summed E-state index contributed by atoms with van der Waals surface area (Å²) < 4.78 is 33.5. The van der Waals surface area contributed by atoms with Gasteiger partial charge in [-0.25, -0.2) is 4.98 Å². The first kappa shape index (κ1) is 24.6. The van der Waals surface area contributed by atoms with E-state index in [0.29, 0.717) is 23.6 Å². The Bertz CT molecular complexity index is 1280. The molecule has 0 radical (unpaired) electrons. The number of nitrogen functional groups attached to an aromatic ring is 2. The maximum atomic E-state index is 12.8. The molecule has 1 aliphatic heterocycles. The van der Waals surface area contributed by atoms with Gasteiger partial charge in [-0.15, -0.1) is 0 Å². The molecule has 184 valence electrons. The molecule has 2 aromatic heterocycles. The Labute approximate surface area is 205 Å². The number of aromatic nitrogens is 3. The van der Waals surface area contributed by atoms with E-state index < -0.39 is 15.4 Å². The molecule has 0 amide bonds. The fourth-order valence-electron chi connectivity index (χ4n) is 4.09. The van der Waals surface area contributed by atoms with Crippen LogP contribution in [-0.4, -0.2) is 57.7 Å². The van der Waals surface area contributed by atoms with Crippen molar-refractivity contribution in [2.45, 2.75) is 45.5 Å². The summed E-state index contributed by atoms with van der Waals surface area (Å²) in [5, 5.41) is 0.178. The Balaban J connectivity index is 1.83. The zero-order valence-electron chi connectivity index (χ0n) is 19.8. The van der Waals surface area contributed by atoms with Crippen molar-refractivity contribution in [2.75, 3.05) is 36.1 Å². The number of anilines is 2. The molecule has 3 aromatic rings. The maximum Gasteiger partial charge on any atom is 0.311 e. The van der Waals surface area contributed by atoms with Crippen LogP contribution in [0.25, 0.3) is 10.9 Å². The lowest BCUT2D eigenvalue weighted by Crippen LogP contribution is -2.31. The number of benzene rings is 1. The predicted molar refractivity (Wildman–Crippen MR) is 139 cm³/mol. The largest absolute Gasteiger partial charge is 0.383 e. The quantitative estimate of drug-likeness (QED) is 0.445. The third-order valence-corrected chi connectivity index (χ3v) is 8.53. The third kappa shape index (κ3) is 5.26. The van der Waals surface area contributed by atoms with Crippen molar-refractivity contribution >= 4 is 44.5 Å². The molecule has 1 aliphatic rings. The molecule has 3 heterocycles. The van der Waals surface area contributed by atoms with Crippen molar-refractivity contribution in [2.24, 2.45) is 0 Å². The molecule has 1 aromatic carbocycles. The Morgan fingerprint density at radius 2 is 1.91 bits per heavy atom. The molecule has 1 fully saturated rings. The molecule has 0 atom stereocenters. The van der Waals surface area contributed by atoms with Gasteiger partial charge in [0, 0.05) is 67.4 Å². The van der Waals surface area contributed by atoms with Gasteiger partial charge in [0.05, 0.1) is 10.8 Å². The first-order valence-corrected chi connectivity index (χ1v) is 14.1. The fraction of sp³-hybridized carbons (Fsp3) is 0.478. The number of aryl methyl sites for hydroxylation is 1. The number of hydrogen-bond acceptors (Lipinski definition) is 9. The number of hydrogen-bond donors (Lipinski definition) is 2. The van der Waals surface area contributed by atoms with E-state index in [1.54, 1.807) is 26.1 Å². The molecule has 11 heteroatoms. The topological polar surface area (TPSA) is 129 Å². The minimum absolute atomic E-state index is 0.115. The van der Waals surface area contributed by atoms with Crippen LogP contribution in [0.5, 0.6) is 5.75 Å². The maximum absolute atomic E-state index is 12.8. The number of fused-ring (bicyclic) bond motifs is 1. The average Bonchev–Trinajstić information content (AvgIpc) is 3.13. The van der Waals surface area contributed by atoms with Gasteiger partial charge in [0.25, 0.3) is 0 Å². The average molecular weight is 505 g/mol. The van der Waals surface area contributed by atoms with Crippen LogP contribution in [0.2, 0.25) is 0 Å². The van der Waals surface area contributed by atoms with Crippen LogP contribution >= 0.6 is 11.8 Å². The molecule has 0 aliphatic carbocycles. The number of rotatable bonds is 8. The molecule has 0 saturated carbocycles. The molecule has 4 N–H and O–H groups in total. The summed E-state index contributed by atoms with van der Waals surface area (Å²) in [7, 11) is -3.79. The van der Waals surface area contributed by atoms with Crippen LogP contribution in [0.4, 0.5) is 11.8 Å².